The number of hydrogen-bond acceptors (Lipinski definition) is 4. The number of hydrogen-bond donors (Lipinski definition) is 0. The van der Waals surface area contributed by atoms with E-state index in [-0.39, 0.29) is 0 Å². The van der Waals surface area contributed by atoms with Gasteiger partial charge in [-0.2, -0.15) is 0 Å². The van der Waals surface area contributed by atoms with Crippen LogP contribution >= 0.6 is 0 Å². The van der Waals surface area contributed by atoms with E-state index >= 15 is 0 Å². The minimum Gasteiger partial charge on any atom is -0.417 e. The summed E-state index contributed by atoms with van der Waals surface area (Å²) >= 11 is 0. The van der Waals surface area contributed by atoms with Crippen LogP contribution in [0.1, 0.15) is 79.6 Å². The maximum atomic E-state index is 6.37. The van der Waals surface area contributed by atoms with Gasteiger partial charge in [0, 0.05) is 6.61 Å². The molecule has 1 atom stereocenters. The third-order valence-electron chi connectivity index (χ3n) is 7.79. The molecule has 0 rings (SSSR count). The SMILES string of the molecule is CCO[Si](C)(CC)CCC(CCCN(C)CC)(CCCN(C)CC)CCCN(C)CC. The molecule has 0 spiro atoms. The third kappa shape index (κ3) is 14.0. The molecule has 0 aromatic rings. The van der Waals surface area contributed by atoms with E-state index in [4.69, 9.17) is 4.43 Å². The molecule has 4 nitrogen and oxygen atoms in total. The fourth-order valence-corrected chi connectivity index (χ4v) is 7.08. The molecule has 0 aliphatic carbocycles. The van der Waals surface area contributed by atoms with Crippen LogP contribution in [0.25, 0.3) is 0 Å². The minimum atomic E-state index is -1.57. The van der Waals surface area contributed by atoms with Gasteiger partial charge in [-0.05, 0) is 136 Å². The standard InChI is InChI=1S/C26H59N3OSi/c1-10-27(6)22-15-18-26(19-16-23-28(7)11-2,20-17-24-29(8)12-3)21-25-31(9,14-5)30-13-4/h10-25H2,1-9H3. The fraction of sp³-hybridized carbons (Fsp3) is 1.00. The van der Waals surface area contributed by atoms with Gasteiger partial charge < -0.3 is 19.1 Å². The largest absolute Gasteiger partial charge is 0.417 e. The van der Waals surface area contributed by atoms with E-state index in [1.807, 2.05) is 0 Å². The first kappa shape index (κ1) is 31.1. The maximum absolute atomic E-state index is 6.37. The first-order valence-corrected chi connectivity index (χ1v) is 16.2. The lowest BCUT2D eigenvalue weighted by Crippen LogP contribution is -2.36. The molecule has 0 radical (unpaired) electrons. The van der Waals surface area contributed by atoms with Gasteiger partial charge in [0.05, 0.1) is 0 Å². The summed E-state index contributed by atoms with van der Waals surface area (Å²) in [6.07, 6.45) is 9.49. The molecule has 0 aromatic carbocycles. The van der Waals surface area contributed by atoms with E-state index in [9.17, 15) is 0 Å². The van der Waals surface area contributed by atoms with Crippen molar-refractivity contribution in [1.82, 2.24) is 14.7 Å². The Morgan fingerprint density at radius 3 is 1.32 bits per heavy atom. The highest BCUT2D eigenvalue weighted by atomic mass is 28.4. The molecule has 31 heavy (non-hydrogen) atoms. The topological polar surface area (TPSA) is 19.0 Å². The van der Waals surface area contributed by atoms with Crippen LogP contribution in [0.15, 0.2) is 0 Å². The lowest BCUT2D eigenvalue weighted by molar-refractivity contribution is 0.162. The monoisotopic (exact) mass is 457 g/mol. The molecule has 0 aliphatic rings. The van der Waals surface area contributed by atoms with Crippen LogP contribution in [0.5, 0.6) is 0 Å². The number of nitrogens with zero attached hydrogens (tertiary/aromatic N) is 3. The Hall–Kier alpha value is 0.0569. The second-order valence-electron chi connectivity index (χ2n) is 10.2. The Balaban J connectivity index is 5.38. The van der Waals surface area contributed by atoms with E-state index < -0.39 is 8.32 Å². The van der Waals surface area contributed by atoms with E-state index in [0.717, 1.165) is 26.2 Å². The summed E-state index contributed by atoms with van der Waals surface area (Å²) in [5.74, 6) is 0. The van der Waals surface area contributed by atoms with E-state index in [2.05, 4.69) is 77.0 Å². The Morgan fingerprint density at radius 2 is 1.03 bits per heavy atom. The molecule has 188 valence electrons. The van der Waals surface area contributed by atoms with Crippen molar-refractivity contribution < 1.29 is 4.43 Å². The van der Waals surface area contributed by atoms with Crippen LogP contribution in [-0.2, 0) is 4.43 Å². The van der Waals surface area contributed by atoms with Gasteiger partial charge in [-0.25, -0.2) is 0 Å². The van der Waals surface area contributed by atoms with Crippen molar-refractivity contribution in [3.8, 4) is 0 Å². The predicted octanol–water partition coefficient (Wildman–Crippen LogP) is 6.19. The van der Waals surface area contributed by atoms with E-state index in [1.165, 1.54) is 76.7 Å². The van der Waals surface area contributed by atoms with Crippen LogP contribution in [0.4, 0.5) is 0 Å². The molecule has 0 aromatic heterocycles. The smallest absolute Gasteiger partial charge is 0.189 e. The summed E-state index contributed by atoms with van der Waals surface area (Å²) in [5.41, 5.74) is 0.484. The normalized spacial score (nSPS) is 14.7. The molecule has 0 N–H and O–H groups in total. The first-order valence-electron chi connectivity index (χ1n) is 13.4. The van der Waals surface area contributed by atoms with Crippen molar-refractivity contribution in [3.05, 3.63) is 0 Å². The molecule has 0 aliphatic heterocycles. The lowest BCUT2D eigenvalue weighted by atomic mass is 9.73. The summed E-state index contributed by atoms with van der Waals surface area (Å²) in [6.45, 7) is 21.9. The summed E-state index contributed by atoms with van der Waals surface area (Å²) in [5, 5.41) is 0. The molecule has 0 saturated heterocycles. The minimum absolute atomic E-state index is 0.484. The van der Waals surface area contributed by atoms with Gasteiger partial charge in [-0.1, -0.05) is 27.7 Å². The van der Waals surface area contributed by atoms with Crippen molar-refractivity contribution in [2.75, 3.05) is 67.0 Å². The second kappa shape index (κ2) is 17.5. The second-order valence-corrected chi connectivity index (χ2v) is 14.6. The lowest BCUT2D eigenvalue weighted by Gasteiger charge is -2.38. The van der Waals surface area contributed by atoms with Gasteiger partial charge in [0.15, 0.2) is 8.32 Å². The molecule has 0 amide bonds. The highest BCUT2D eigenvalue weighted by Gasteiger charge is 2.34. The molecule has 0 bridgehead atoms. The Labute approximate surface area is 198 Å². The van der Waals surface area contributed by atoms with Gasteiger partial charge in [-0.15, -0.1) is 0 Å². The van der Waals surface area contributed by atoms with Crippen LogP contribution in [0.2, 0.25) is 18.6 Å². The summed E-state index contributed by atoms with van der Waals surface area (Å²) in [6, 6.07) is 2.57. The van der Waals surface area contributed by atoms with Crippen molar-refractivity contribution in [2.45, 2.75) is 98.2 Å². The van der Waals surface area contributed by atoms with Gasteiger partial charge in [-0.3, -0.25) is 0 Å². The molecule has 5 heteroatoms. The Bertz CT molecular complexity index is 383. The van der Waals surface area contributed by atoms with Gasteiger partial charge in [0.2, 0.25) is 0 Å². The van der Waals surface area contributed by atoms with E-state index in [1.54, 1.807) is 0 Å². The van der Waals surface area contributed by atoms with Crippen molar-refractivity contribution in [2.24, 2.45) is 5.41 Å². The van der Waals surface area contributed by atoms with Gasteiger partial charge in [0.25, 0.3) is 0 Å². The summed E-state index contributed by atoms with van der Waals surface area (Å²) < 4.78 is 6.37. The molecule has 1 unspecified atom stereocenters. The first-order chi connectivity index (χ1) is 14.7. The van der Waals surface area contributed by atoms with E-state index in [0.29, 0.717) is 5.41 Å². The average Bonchev–Trinajstić information content (AvgIpc) is 2.77. The average molecular weight is 458 g/mol. The Morgan fingerprint density at radius 1 is 0.645 bits per heavy atom. The maximum Gasteiger partial charge on any atom is 0.189 e. The van der Waals surface area contributed by atoms with Crippen LogP contribution in [-0.4, -0.2) is 90.0 Å². The van der Waals surface area contributed by atoms with Crippen LogP contribution < -0.4 is 0 Å². The van der Waals surface area contributed by atoms with Crippen molar-refractivity contribution in [3.63, 3.8) is 0 Å². The fourth-order valence-electron chi connectivity index (χ4n) is 4.63. The third-order valence-corrected chi connectivity index (χ3v) is 11.6. The Kier molecular flexibility index (Phi) is 17.6. The number of rotatable bonds is 21. The molecule has 0 saturated carbocycles. The van der Waals surface area contributed by atoms with Gasteiger partial charge >= 0.3 is 0 Å². The van der Waals surface area contributed by atoms with Crippen LogP contribution in [0.3, 0.4) is 0 Å². The zero-order valence-electron chi connectivity index (χ0n) is 23.1. The molecular formula is C26H59N3OSi. The van der Waals surface area contributed by atoms with Gasteiger partial charge in [0.1, 0.15) is 0 Å². The quantitative estimate of drug-likeness (QED) is 0.191. The molecule has 0 fully saturated rings. The molecular weight excluding hydrogens is 398 g/mol. The van der Waals surface area contributed by atoms with Crippen molar-refractivity contribution in [1.29, 1.82) is 0 Å². The highest BCUT2D eigenvalue weighted by molar-refractivity contribution is 6.72. The summed E-state index contributed by atoms with van der Waals surface area (Å²) in [4.78, 5) is 7.43. The summed E-state index contributed by atoms with van der Waals surface area (Å²) in [7, 11) is 5.24. The molecule has 0 heterocycles. The zero-order valence-corrected chi connectivity index (χ0v) is 24.1. The zero-order chi connectivity index (χ0) is 23.8. The van der Waals surface area contributed by atoms with Crippen LogP contribution in [0, 0.1) is 5.41 Å². The highest BCUT2D eigenvalue weighted by Crippen LogP contribution is 2.42. The predicted molar refractivity (Wildman–Crippen MR) is 143 cm³/mol. The van der Waals surface area contributed by atoms with Crippen molar-refractivity contribution >= 4 is 8.32 Å².